The average molecular weight is 435 g/mol. The second-order valence-electron chi connectivity index (χ2n) is 8.89. The molecule has 3 aromatic carbocycles. The van der Waals surface area contributed by atoms with Gasteiger partial charge in [0.2, 0.25) is 0 Å². The molecule has 0 spiro atoms. The highest BCUT2D eigenvalue weighted by Gasteiger charge is 2.29. The molecule has 2 aromatic heterocycles. The number of nitrogens with one attached hydrogen (secondary N) is 1. The zero-order chi connectivity index (χ0) is 22.2. The Morgan fingerprint density at radius 2 is 1.76 bits per heavy atom. The first-order valence-corrected chi connectivity index (χ1v) is 11.6. The Morgan fingerprint density at radius 3 is 2.64 bits per heavy atom. The molecule has 164 valence electrons. The van der Waals surface area contributed by atoms with Crippen LogP contribution in [0.2, 0.25) is 0 Å². The third-order valence-electron chi connectivity index (χ3n) is 6.72. The Labute approximate surface area is 192 Å². The van der Waals surface area contributed by atoms with E-state index in [0.29, 0.717) is 13.1 Å². The van der Waals surface area contributed by atoms with Gasteiger partial charge in [-0.05, 0) is 42.7 Å². The standard InChI is InChI=1S/C28H26N4O/c33-28(31-16-8-12-22(19-31)27-29-23-13-5-6-14-24(23)30-27)26-17-21-11-4-7-15-25(21)32(26)18-20-9-2-1-3-10-20/h1-7,9-11,13-15,17,22H,8,12,16,18-19H2,(H,29,30). The number of hydrogen-bond acceptors (Lipinski definition) is 2. The molecule has 1 fully saturated rings. The molecule has 1 unspecified atom stereocenters. The lowest BCUT2D eigenvalue weighted by Gasteiger charge is -2.32. The molecular formula is C28H26N4O. The van der Waals surface area contributed by atoms with E-state index < -0.39 is 0 Å². The maximum atomic E-state index is 13.8. The summed E-state index contributed by atoms with van der Waals surface area (Å²) in [5, 5.41) is 1.10. The van der Waals surface area contributed by atoms with E-state index in [1.807, 2.05) is 59.5 Å². The van der Waals surface area contributed by atoms with Gasteiger partial charge in [0.05, 0.1) is 11.0 Å². The number of likely N-dealkylation sites (tertiary alicyclic amines) is 1. The lowest BCUT2D eigenvalue weighted by molar-refractivity contribution is 0.0695. The molecule has 0 saturated carbocycles. The predicted octanol–water partition coefficient (Wildman–Crippen LogP) is 5.59. The number of para-hydroxylation sites is 3. The van der Waals surface area contributed by atoms with Crippen molar-refractivity contribution < 1.29 is 4.79 Å². The smallest absolute Gasteiger partial charge is 0.270 e. The van der Waals surface area contributed by atoms with E-state index in [-0.39, 0.29) is 11.8 Å². The monoisotopic (exact) mass is 434 g/mol. The molecule has 1 aliphatic rings. The molecule has 1 saturated heterocycles. The summed E-state index contributed by atoms with van der Waals surface area (Å²) in [6.45, 7) is 2.14. The number of imidazole rings is 1. The lowest BCUT2D eigenvalue weighted by atomic mass is 9.97. The minimum atomic E-state index is 0.0999. The summed E-state index contributed by atoms with van der Waals surface area (Å²) >= 11 is 0. The van der Waals surface area contributed by atoms with Crippen LogP contribution in [0.15, 0.2) is 84.9 Å². The summed E-state index contributed by atoms with van der Waals surface area (Å²) in [6.07, 6.45) is 2.02. The molecule has 3 heterocycles. The molecule has 33 heavy (non-hydrogen) atoms. The van der Waals surface area contributed by atoms with Gasteiger partial charge in [0.25, 0.3) is 5.91 Å². The van der Waals surface area contributed by atoms with Gasteiger partial charge in [-0.3, -0.25) is 4.79 Å². The summed E-state index contributed by atoms with van der Waals surface area (Å²) in [5.41, 5.74) is 5.07. The molecule has 1 amide bonds. The number of carbonyl (C=O) groups excluding carboxylic acids is 1. The first-order chi connectivity index (χ1) is 16.3. The van der Waals surface area contributed by atoms with Gasteiger partial charge in [-0.15, -0.1) is 0 Å². The number of H-pyrrole nitrogens is 1. The number of fused-ring (bicyclic) bond motifs is 2. The molecule has 1 atom stereocenters. The highest BCUT2D eigenvalue weighted by Crippen LogP contribution is 2.29. The van der Waals surface area contributed by atoms with Gasteiger partial charge in [0.1, 0.15) is 11.5 Å². The number of amides is 1. The van der Waals surface area contributed by atoms with E-state index in [1.165, 1.54) is 5.56 Å². The number of piperidine rings is 1. The van der Waals surface area contributed by atoms with Crippen molar-refractivity contribution in [2.24, 2.45) is 0 Å². The molecule has 1 N–H and O–H groups in total. The molecule has 6 rings (SSSR count). The topological polar surface area (TPSA) is 53.9 Å². The van der Waals surface area contributed by atoms with Gasteiger partial charge in [0, 0.05) is 36.5 Å². The van der Waals surface area contributed by atoms with Crippen LogP contribution in [0.5, 0.6) is 0 Å². The zero-order valence-corrected chi connectivity index (χ0v) is 18.4. The number of rotatable bonds is 4. The van der Waals surface area contributed by atoms with Crippen molar-refractivity contribution >= 4 is 27.8 Å². The first-order valence-electron chi connectivity index (χ1n) is 11.6. The predicted molar refractivity (Wildman–Crippen MR) is 131 cm³/mol. The number of nitrogens with zero attached hydrogens (tertiary/aromatic N) is 3. The highest BCUT2D eigenvalue weighted by atomic mass is 16.2. The van der Waals surface area contributed by atoms with Crippen LogP contribution >= 0.6 is 0 Å². The van der Waals surface area contributed by atoms with Gasteiger partial charge in [-0.25, -0.2) is 4.98 Å². The second-order valence-corrected chi connectivity index (χ2v) is 8.89. The number of aromatic amines is 1. The van der Waals surface area contributed by atoms with Crippen molar-refractivity contribution in [3.63, 3.8) is 0 Å². The van der Waals surface area contributed by atoms with Crippen LogP contribution in [-0.2, 0) is 6.54 Å². The summed E-state index contributed by atoms with van der Waals surface area (Å²) in [5.74, 6) is 1.31. The van der Waals surface area contributed by atoms with Crippen molar-refractivity contribution in [1.29, 1.82) is 0 Å². The summed E-state index contributed by atoms with van der Waals surface area (Å²) in [6, 6.07) is 28.8. The molecule has 5 heteroatoms. The quantitative estimate of drug-likeness (QED) is 0.401. The second kappa shape index (κ2) is 8.24. The molecule has 1 aliphatic heterocycles. The van der Waals surface area contributed by atoms with Crippen LogP contribution in [0, 0.1) is 0 Å². The minimum Gasteiger partial charge on any atom is -0.342 e. The van der Waals surface area contributed by atoms with Gasteiger partial charge in [0.15, 0.2) is 0 Å². The summed E-state index contributed by atoms with van der Waals surface area (Å²) < 4.78 is 2.16. The van der Waals surface area contributed by atoms with E-state index in [2.05, 4.69) is 39.9 Å². The first kappa shape index (κ1) is 19.8. The lowest BCUT2D eigenvalue weighted by Crippen LogP contribution is -2.40. The van der Waals surface area contributed by atoms with E-state index in [0.717, 1.165) is 52.8 Å². The third kappa shape index (κ3) is 3.69. The van der Waals surface area contributed by atoms with E-state index in [1.54, 1.807) is 0 Å². The zero-order valence-electron chi connectivity index (χ0n) is 18.4. The molecule has 0 radical (unpaired) electrons. The Hall–Kier alpha value is -3.86. The molecule has 0 aliphatic carbocycles. The average Bonchev–Trinajstić information content (AvgIpc) is 3.46. The fourth-order valence-corrected chi connectivity index (χ4v) is 5.04. The molecular weight excluding hydrogens is 408 g/mol. The van der Waals surface area contributed by atoms with Gasteiger partial charge < -0.3 is 14.5 Å². The van der Waals surface area contributed by atoms with Crippen molar-refractivity contribution in [3.05, 3.63) is 102 Å². The van der Waals surface area contributed by atoms with Crippen molar-refractivity contribution in [2.45, 2.75) is 25.3 Å². The van der Waals surface area contributed by atoms with Crippen LogP contribution in [0.1, 0.15) is 40.6 Å². The maximum absolute atomic E-state index is 13.8. The summed E-state index contributed by atoms with van der Waals surface area (Å²) in [7, 11) is 0. The molecule has 5 aromatic rings. The van der Waals surface area contributed by atoms with Crippen LogP contribution in [0.25, 0.3) is 21.9 Å². The highest BCUT2D eigenvalue weighted by molar-refractivity contribution is 5.99. The Kier molecular flexibility index (Phi) is 4.95. The number of hydrogen-bond donors (Lipinski definition) is 1. The molecule has 5 nitrogen and oxygen atoms in total. The Morgan fingerprint density at radius 1 is 0.970 bits per heavy atom. The number of carbonyl (C=O) groups is 1. The minimum absolute atomic E-state index is 0.0999. The van der Waals surface area contributed by atoms with Gasteiger partial charge >= 0.3 is 0 Å². The molecule has 0 bridgehead atoms. The van der Waals surface area contributed by atoms with Crippen LogP contribution in [-0.4, -0.2) is 38.4 Å². The van der Waals surface area contributed by atoms with Crippen molar-refractivity contribution in [1.82, 2.24) is 19.4 Å². The maximum Gasteiger partial charge on any atom is 0.270 e. The fraction of sp³-hybridized carbons (Fsp3) is 0.214. The van der Waals surface area contributed by atoms with Crippen molar-refractivity contribution in [2.75, 3.05) is 13.1 Å². The van der Waals surface area contributed by atoms with Crippen LogP contribution in [0.3, 0.4) is 0 Å². The van der Waals surface area contributed by atoms with E-state index in [9.17, 15) is 4.79 Å². The SMILES string of the molecule is O=C(c1cc2ccccc2n1Cc1ccccc1)N1CCCC(c2nc3ccccc3[nH]2)C1. The van der Waals surface area contributed by atoms with Gasteiger partial charge in [-0.1, -0.05) is 60.7 Å². The Balaban J connectivity index is 1.32. The van der Waals surface area contributed by atoms with Crippen molar-refractivity contribution in [3.8, 4) is 0 Å². The summed E-state index contributed by atoms with van der Waals surface area (Å²) in [4.78, 5) is 24.1. The fourth-order valence-electron chi connectivity index (χ4n) is 5.04. The van der Waals surface area contributed by atoms with E-state index in [4.69, 9.17) is 4.98 Å². The Bertz CT molecular complexity index is 1400. The number of aromatic nitrogens is 3. The van der Waals surface area contributed by atoms with Gasteiger partial charge in [-0.2, -0.15) is 0 Å². The number of benzene rings is 3. The van der Waals surface area contributed by atoms with Crippen LogP contribution in [0.4, 0.5) is 0 Å². The third-order valence-corrected chi connectivity index (χ3v) is 6.72. The normalized spacial score (nSPS) is 16.5. The largest absolute Gasteiger partial charge is 0.342 e. The van der Waals surface area contributed by atoms with Crippen LogP contribution < -0.4 is 0 Å². The van der Waals surface area contributed by atoms with E-state index >= 15 is 0 Å².